The van der Waals surface area contributed by atoms with Crippen LogP contribution in [0.3, 0.4) is 0 Å². The summed E-state index contributed by atoms with van der Waals surface area (Å²) in [4.78, 5) is 14.5. The number of nitrogens with zero attached hydrogens (tertiary/aromatic N) is 1. The first-order chi connectivity index (χ1) is 10.4. The Hall–Kier alpha value is -0.770. The molecular weight excluding hydrogens is 276 g/mol. The van der Waals surface area contributed by atoms with Crippen LogP contribution in [0, 0.1) is 5.92 Å². The van der Waals surface area contributed by atoms with Crippen molar-refractivity contribution in [3.8, 4) is 0 Å². The molecule has 0 aromatic carbocycles. The summed E-state index contributed by atoms with van der Waals surface area (Å²) in [6, 6.07) is 1.73. The van der Waals surface area contributed by atoms with Gasteiger partial charge in [-0.3, -0.25) is 0 Å². The van der Waals surface area contributed by atoms with Crippen LogP contribution in [0.1, 0.15) is 72.1 Å². The molecule has 2 saturated carbocycles. The standard InChI is InChI=1S/C18H32N2O2/c1-18(2,3)22-17(21)20-12-6-11-16(20)14-9-5-10-15(14)19-13-7-4-8-13/h13-16,19H,4-12H2,1-3H3. The zero-order chi connectivity index (χ0) is 15.7. The van der Waals surface area contributed by atoms with Crippen LogP contribution in [-0.2, 0) is 4.74 Å². The van der Waals surface area contributed by atoms with Gasteiger partial charge in [-0.1, -0.05) is 12.8 Å². The average Bonchev–Trinajstić information content (AvgIpc) is 3.00. The highest BCUT2D eigenvalue weighted by molar-refractivity contribution is 5.69. The number of carbonyl (C=O) groups excluding carboxylic acids is 1. The molecule has 3 rings (SSSR count). The van der Waals surface area contributed by atoms with Crippen LogP contribution in [0.5, 0.6) is 0 Å². The topological polar surface area (TPSA) is 41.6 Å². The van der Waals surface area contributed by atoms with Crippen molar-refractivity contribution < 1.29 is 9.53 Å². The molecule has 1 aliphatic heterocycles. The molecule has 0 bridgehead atoms. The summed E-state index contributed by atoms with van der Waals surface area (Å²) in [5, 5.41) is 3.87. The number of carbonyl (C=O) groups is 1. The summed E-state index contributed by atoms with van der Waals surface area (Å²) in [7, 11) is 0. The largest absolute Gasteiger partial charge is 0.444 e. The van der Waals surface area contributed by atoms with Crippen molar-refractivity contribution in [2.45, 2.75) is 95.9 Å². The molecule has 3 unspecified atom stereocenters. The first kappa shape index (κ1) is 16.1. The number of hydrogen-bond donors (Lipinski definition) is 1. The van der Waals surface area contributed by atoms with Crippen LogP contribution in [0.2, 0.25) is 0 Å². The predicted octanol–water partition coefficient (Wildman–Crippen LogP) is 3.70. The minimum atomic E-state index is -0.399. The molecule has 4 nitrogen and oxygen atoms in total. The highest BCUT2D eigenvalue weighted by atomic mass is 16.6. The Labute approximate surface area is 135 Å². The van der Waals surface area contributed by atoms with E-state index in [0.717, 1.165) is 25.4 Å². The molecule has 1 N–H and O–H groups in total. The van der Waals surface area contributed by atoms with E-state index in [2.05, 4.69) is 5.32 Å². The normalized spacial score (nSPS) is 33.0. The SMILES string of the molecule is CC(C)(C)OC(=O)N1CCCC1C1CCCC1NC1CCC1. The van der Waals surface area contributed by atoms with Crippen molar-refractivity contribution >= 4 is 6.09 Å². The Morgan fingerprint density at radius 1 is 1.05 bits per heavy atom. The molecule has 0 aromatic rings. The molecule has 2 aliphatic carbocycles. The molecule has 4 heteroatoms. The van der Waals surface area contributed by atoms with E-state index in [0.29, 0.717) is 18.0 Å². The lowest BCUT2D eigenvalue weighted by Crippen LogP contribution is -2.50. The Morgan fingerprint density at radius 2 is 1.77 bits per heavy atom. The van der Waals surface area contributed by atoms with Crippen molar-refractivity contribution in [2.24, 2.45) is 5.92 Å². The Bertz CT molecular complexity index is 400. The number of hydrogen-bond acceptors (Lipinski definition) is 3. The van der Waals surface area contributed by atoms with Crippen molar-refractivity contribution in [3.63, 3.8) is 0 Å². The molecule has 0 aromatic heterocycles. The highest BCUT2D eigenvalue weighted by Gasteiger charge is 2.42. The number of rotatable bonds is 3. The van der Waals surface area contributed by atoms with Gasteiger partial charge < -0.3 is 15.0 Å². The third-order valence-electron chi connectivity index (χ3n) is 5.55. The van der Waals surface area contributed by atoms with E-state index in [-0.39, 0.29) is 6.09 Å². The van der Waals surface area contributed by atoms with Gasteiger partial charge in [-0.15, -0.1) is 0 Å². The molecule has 22 heavy (non-hydrogen) atoms. The van der Waals surface area contributed by atoms with Gasteiger partial charge in [-0.05, 0) is 65.2 Å². The molecule has 3 atom stereocenters. The third-order valence-corrected chi connectivity index (χ3v) is 5.55. The van der Waals surface area contributed by atoms with E-state index in [1.54, 1.807) is 0 Å². The lowest BCUT2D eigenvalue weighted by Gasteiger charge is -2.37. The highest BCUT2D eigenvalue weighted by Crippen LogP contribution is 2.37. The first-order valence-electron chi connectivity index (χ1n) is 9.20. The fraction of sp³-hybridized carbons (Fsp3) is 0.944. The van der Waals surface area contributed by atoms with E-state index in [4.69, 9.17) is 4.74 Å². The van der Waals surface area contributed by atoms with Crippen LogP contribution in [0.15, 0.2) is 0 Å². The Balaban J connectivity index is 1.62. The van der Waals surface area contributed by atoms with Crippen LogP contribution < -0.4 is 5.32 Å². The zero-order valence-electron chi connectivity index (χ0n) is 14.4. The second-order valence-corrected chi connectivity index (χ2v) is 8.38. The number of likely N-dealkylation sites (tertiary alicyclic amines) is 1. The van der Waals surface area contributed by atoms with Crippen molar-refractivity contribution in [1.29, 1.82) is 0 Å². The van der Waals surface area contributed by atoms with Crippen molar-refractivity contribution in [1.82, 2.24) is 10.2 Å². The molecule has 0 radical (unpaired) electrons. The minimum Gasteiger partial charge on any atom is -0.444 e. The van der Waals surface area contributed by atoms with E-state index < -0.39 is 5.60 Å². The van der Waals surface area contributed by atoms with Gasteiger partial charge in [0.15, 0.2) is 0 Å². The zero-order valence-corrected chi connectivity index (χ0v) is 14.4. The predicted molar refractivity (Wildman–Crippen MR) is 87.9 cm³/mol. The van der Waals surface area contributed by atoms with E-state index in [9.17, 15) is 4.79 Å². The molecular formula is C18H32N2O2. The third kappa shape index (κ3) is 3.58. The van der Waals surface area contributed by atoms with Crippen LogP contribution in [0.25, 0.3) is 0 Å². The maximum Gasteiger partial charge on any atom is 0.410 e. The first-order valence-corrected chi connectivity index (χ1v) is 9.20. The van der Waals surface area contributed by atoms with Gasteiger partial charge >= 0.3 is 6.09 Å². The molecule has 1 heterocycles. The maximum absolute atomic E-state index is 12.5. The minimum absolute atomic E-state index is 0.107. The Morgan fingerprint density at radius 3 is 2.41 bits per heavy atom. The summed E-state index contributed by atoms with van der Waals surface area (Å²) in [6.45, 7) is 6.72. The van der Waals surface area contributed by atoms with Crippen molar-refractivity contribution in [3.05, 3.63) is 0 Å². The average molecular weight is 308 g/mol. The summed E-state index contributed by atoms with van der Waals surface area (Å²) in [5.41, 5.74) is -0.399. The smallest absolute Gasteiger partial charge is 0.410 e. The van der Waals surface area contributed by atoms with Gasteiger partial charge in [-0.2, -0.15) is 0 Å². The molecule has 3 aliphatic rings. The quantitative estimate of drug-likeness (QED) is 0.864. The molecule has 1 saturated heterocycles. The second-order valence-electron chi connectivity index (χ2n) is 8.38. The summed E-state index contributed by atoms with van der Waals surface area (Å²) in [5.74, 6) is 0.621. The molecule has 3 fully saturated rings. The number of amides is 1. The molecule has 1 amide bonds. The summed E-state index contributed by atoms with van der Waals surface area (Å²) in [6.07, 6.45) is 10.0. The maximum atomic E-state index is 12.5. The van der Waals surface area contributed by atoms with Gasteiger partial charge in [0, 0.05) is 24.7 Å². The Kier molecular flexibility index (Phi) is 4.67. The summed E-state index contributed by atoms with van der Waals surface area (Å²) < 4.78 is 5.63. The van der Waals surface area contributed by atoms with E-state index in [1.165, 1.54) is 38.5 Å². The summed E-state index contributed by atoms with van der Waals surface area (Å²) >= 11 is 0. The van der Waals surface area contributed by atoms with Gasteiger partial charge in [0.2, 0.25) is 0 Å². The van der Waals surface area contributed by atoms with Crippen LogP contribution in [-0.4, -0.2) is 41.3 Å². The number of nitrogens with one attached hydrogen (secondary N) is 1. The lowest BCUT2D eigenvalue weighted by molar-refractivity contribution is 0.0163. The fourth-order valence-corrected chi connectivity index (χ4v) is 4.32. The van der Waals surface area contributed by atoms with Gasteiger partial charge in [0.05, 0.1) is 0 Å². The monoisotopic (exact) mass is 308 g/mol. The van der Waals surface area contributed by atoms with Crippen molar-refractivity contribution in [2.75, 3.05) is 6.54 Å². The molecule has 0 spiro atoms. The van der Waals surface area contributed by atoms with Gasteiger partial charge in [0.25, 0.3) is 0 Å². The number of ether oxygens (including phenoxy) is 1. The van der Waals surface area contributed by atoms with Crippen LogP contribution >= 0.6 is 0 Å². The van der Waals surface area contributed by atoms with Gasteiger partial charge in [0.1, 0.15) is 5.60 Å². The van der Waals surface area contributed by atoms with Crippen LogP contribution in [0.4, 0.5) is 4.79 Å². The van der Waals surface area contributed by atoms with Gasteiger partial charge in [-0.25, -0.2) is 4.79 Å². The van der Waals surface area contributed by atoms with E-state index in [1.807, 2.05) is 25.7 Å². The fourth-order valence-electron chi connectivity index (χ4n) is 4.32. The lowest BCUT2D eigenvalue weighted by atomic mass is 9.88. The second kappa shape index (κ2) is 6.38. The molecule has 126 valence electrons. The van der Waals surface area contributed by atoms with E-state index >= 15 is 0 Å².